The van der Waals surface area contributed by atoms with Crippen molar-refractivity contribution in [3.05, 3.63) is 52.9 Å². The number of ether oxygens (including phenoxy) is 1. The van der Waals surface area contributed by atoms with Gasteiger partial charge in [-0.05, 0) is 30.5 Å². The molecule has 0 saturated carbocycles. The second-order valence-corrected chi connectivity index (χ2v) is 5.84. The van der Waals surface area contributed by atoms with Crippen molar-refractivity contribution in [3.63, 3.8) is 0 Å². The molecule has 0 spiro atoms. The molecule has 0 aliphatic carbocycles. The van der Waals surface area contributed by atoms with Crippen LogP contribution in [0.2, 0.25) is 0 Å². The van der Waals surface area contributed by atoms with Gasteiger partial charge in [-0.1, -0.05) is 22.0 Å². The fourth-order valence-electron chi connectivity index (χ4n) is 2.37. The van der Waals surface area contributed by atoms with Gasteiger partial charge in [-0.2, -0.15) is 5.10 Å². The number of esters is 1. The van der Waals surface area contributed by atoms with Crippen molar-refractivity contribution < 1.29 is 9.53 Å². The van der Waals surface area contributed by atoms with E-state index in [2.05, 4.69) is 50.0 Å². The lowest BCUT2D eigenvalue weighted by Gasteiger charge is -2.06. The molecule has 3 rings (SSSR count). The average Bonchev–Trinajstić information content (AvgIpc) is 3.12. The normalized spacial score (nSPS) is 11.0. The van der Waals surface area contributed by atoms with Crippen LogP contribution in [0.4, 0.5) is 0 Å². The summed E-state index contributed by atoms with van der Waals surface area (Å²) in [4.78, 5) is 11.6. The monoisotopic (exact) mass is 361 g/mol. The second-order valence-electron chi connectivity index (χ2n) is 4.92. The predicted molar refractivity (Wildman–Crippen MR) is 87.8 cm³/mol. The standard InChI is InChI=1S/C16H16BrN3O2/c1-2-22-16(21)13-10-18-20(11-13)8-7-19-6-5-12-3-4-14(17)9-15(12)19/h3-6,9-11H,2,7-8H2,1H3. The van der Waals surface area contributed by atoms with Crippen LogP contribution >= 0.6 is 15.9 Å². The van der Waals surface area contributed by atoms with E-state index in [0.717, 1.165) is 11.0 Å². The molecule has 0 amide bonds. The number of aryl methyl sites for hydroxylation is 2. The molecule has 0 fully saturated rings. The van der Waals surface area contributed by atoms with Gasteiger partial charge in [0.1, 0.15) is 0 Å². The highest BCUT2D eigenvalue weighted by Crippen LogP contribution is 2.21. The Hall–Kier alpha value is -2.08. The Morgan fingerprint density at radius 1 is 1.32 bits per heavy atom. The summed E-state index contributed by atoms with van der Waals surface area (Å²) in [5, 5.41) is 5.41. The van der Waals surface area contributed by atoms with E-state index >= 15 is 0 Å². The largest absolute Gasteiger partial charge is 0.462 e. The van der Waals surface area contributed by atoms with Crippen molar-refractivity contribution in [2.45, 2.75) is 20.0 Å². The van der Waals surface area contributed by atoms with Crippen molar-refractivity contribution >= 4 is 32.8 Å². The summed E-state index contributed by atoms with van der Waals surface area (Å²) >= 11 is 3.50. The molecular formula is C16H16BrN3O2. The number of rotatable bonds is 5. The van der Waals surface area contributed by atoms with Crippen LogP contribution in [-0.4, -0.2) is 26.9 Å². The maximum Gasteiger partial charge on any atom is 0.341 e. The van der Waals surface area contributed by atoms with Gasteiger partial charge in [0.05, 0.1) is 24.9 Å². The molecule has 0 aliphatic heterocycles. The van der Waals surface area contributed by atoms with Gasteiger partial charge in [0.25, 0.3) is 0 Å². The zero-order valence-corrected chi connectivity index (χ0v) is 13.8. The predicted octanol–water partition coefficient (Wildman–Crippen LogP) is 3.48. The number of fused-ring (bicyclic) bond motifs is 1. The molecule has 0 aliphatic rings. The molecule has 0 radical (unpaired) electrons. The van der Waals surface area contributed by atoms with E-state index in [1.807, 2.05) is 6.07 Å². The van der Waals surface area contributed by atoms with Crippen LogP contribution in [0.5, 0.6) is 0 Å². The van der Waals surface area contributed by atoms with Gasteiger partial charge in [-0.15, -0.1) is 0 Å². The Bertz CT molecular complexity index is 807. The quantitative estimate of drug-likeness (QED) is 0.653. The number of hydrogen-bond donors (Lipinski definition) is 0. The maximum absolute atomic E-state index is 11.6. The van der Waals surface area contributed by atoms with Crippen molar-refractivity contribution in [1.29, 1.82) is 0 Å². The van der Waals surface area contributed by atoms with Crippen LogP contribution in [0.1, 0.15) is 17.3 Å². The third kappa shape index (κ3) is 3.06. The molecular weight excluding hydrogens is 346 g/mol. The van der Waals surface area contributed by atoms with Crippen LogP contribution < -0.4 is 0 Å². The van der Waals surface area contributed by atoms with E-state index in [1.165, 1.54) is 10.9 Å². The zero-order chi connectivity index (χ0) is 15.5. The summed E-state index contributed by atoms with van der Waals surface area (Å²) in [6.07, 6.45) is 5.33. The van der Waals surface area contributed by atoms with E-state index in [-0.39, 0.29) is 5.97 Å². The van der Waals surface area contributed by atoms with Crippen LogP contribution in [0, 0.1) is 0 Å². The smallest absolute Gasteiger partial charge is 0.341 e. The third-order valence-corrected chi connectivity index (χ3v) is 3.94. The number of hydrogen-bond acceptors (Lipinski definition) is 3. The molecule has 3 aromatic rings. The highest BCUT2D eigenvalue weighted by Gasteiger charge is 2.09. The Balaban J connectivity index is 1.71. The summed E-state index contributed by atoms with van der Waals surface area (Å²) in [6.45, 7) is 3.63. The number of halogens is 1. The van der Waals surface area contributed by atoms with Crippen molar-refractivity contribution in [2.75, 3.05) is 6.61 Å². The van der Waals surface area contributed by atoms with Crippen LogP contribution in [0.25, 0.3) is 10.9 Å². The molecule has 2 heterocycles. The molecule has 1 aromatic carbocycles. The van der Waals surface area contributed by atoms with Crippen molar-refractivity contribution in [3.8, 4) is 0 Å². The van der Waals surface area contributed by atoms with E-state index in [9.17, 15) is 4.79 Å². The second kappa shape index (κ2) is 6.36. The molecule has 0 saturated heterocycles. The van der Waals surface area contributed by atoms with Gasteiger partial charge in [0.2, 0.25) is 0 Å². The van der Waals surface area contributed by atoms with Gasteiger partial charge in [-0.3, -0.25) is 4.68 Å². The first-order valence-electron chi connectivity index (χ1n) is 7.11. The average molecular weight is 362 g/mol. The summed E-state index contributed by atoms with van der Waals surface area (Å²) in [7, 11) is 0. The molecule has 0 bridgehead atoms. The fourth-order valence-corrected chi connectivity index (χ4v) is 2.72. The fraction of sp³-hybridized carbons (Fsp3) is 0.250. The number of aromatic nitrogens is 3. The summed E-state index contributed by atoms with van der Waals surface area (Å²) in [5.74, 6) is -0.330. The van der Waals surface area contributed by atoms with E-state index in [4.69, 9.17) is 4.74 Å². The van der Waals surface area contributed by atoms with Crippen molar-refractivity contribution in [2.24, 2.45) is 0 Å². The third-order valence-electron chi connectivity index (χ3n) is 3.45. The van der Waals surface area contributed by atoms with Crippen LogP contribution in [-0.2, 0) is 17.8 Å². The molecule has 114 valence electrons. The lowest BCUT2D eigenvalue weighted by molar-refractivity contribution is 0.0526. The Morgan fingerprint density at radius 2 is 2.18 bits per heavy atom. The Labute approximate surface area is 136 Å². The van der Waals surface area contributed by atoms with Gasteiger partial charge >= 0.3 is 5.97 Å². The molecule has 0 unspecified atom stereocenters. The summed E-state index contributed by atoms with van der Waals surface area (Å²) in [5.41, 5.74) is 1.66. The zero-order valence-electron chi connectivity index (χ0n) is 12.2. The summed E-state index contributed by atoms with van der Waals surface area (Å²) in [6, 6.07) is 8.31. The lowest BCUT2D eigenvalue weighted by atomic mass is 10.2. The van der Waals surface area contributed by atoms with Gasteiger partial charge in [0, 0.05) is 28.9 Å². The molecule has 0 N–H and O–H groups in total. The lowest BCUT2D eigenvalue weighted by Crippen LogP contribution is -2.07. The van der Waals surface area contributed by atoms with Crippen LogP contribution in [0.3, 0.4) is 0 Å². The number of nitrogens with zero attached hydrogens (tertiary/aromatic N) is 3. The maximum atomic E-state index is 11.6. The molecule has 0 atom stereocenters. The topological polar surface area (TPSA) is 49.0 Å². The minimum atomic E-state index is -0.330. The first kappa shape index (κ1) is 14.8. The van der Waals surface area contributed by atoms with Gasteiger partial charge in [0.15, 0.2) is 0 Å². The molecule has 5 nitrogen and oxygen atoms in total. The SMILES string of the molecule is CCOC(=O)c1cnn(CCn2ccc3ccc(Br)cc32)c1. The molecule has 22 heavy (non-hydrogen) atoms. The van der Waals surface area contributed by atoms with Gasteiger partial charge in [-0.25, -0.2) is 4.79 Å². The van der Waals surface area contributed by atoms with Crippen LogP contribution in [0.15, 0.2) is 47.3 Å². The minimum Gasteiger partial charge on any atom is -0.462 e. The van der Waals surface area contributed by atoms with Gasteiger partial charge < -0.3 is 9.30 Å². The number of carbonyl (C=O) groups is 1. The minimum absolute atomic E-state index is 0.330. The van der Waals surface area contributed by atoms with E-state index in [1.54, 1.807) is 24.0 Å². The highest BCUT2D eigenvalue weighted by atomic mass is 79.9. The Kier molecular flexibility index (Phi) is 4.29. The molecule has 2 aromatic heterocycles. The highest BCUT2D eigenvalue weighted by molar-refractivity contribution is 9.10. The van der Waals surface area contributed by atoms with Crippen molar-refractivity contribution in [1.82, 2.24) is 14.3 Å². The number of carbonyl (C=O) groups excluding carboxylic acids is 1. The first-order valence-corrected chi connectivity index (χ1v) is 7.90. The number of benzene rings is 1. The van der Waals surface area contributed by atoms with E-state index in [0.29, 0.717) is 18.7 Å². The van der Waals surface area contributed by atoms with E-state index < -0.39 is 0 Å². The molecule has 6 heteroatoms. The Morgan fingerprint density at radius 3 is 3.00 bits per heavy atom. The summed E-state index contributed by atoms with van der Waals surface area (Å²) < 4.78 is 9.95. The first-order chi connectivity index (χ1) is 10.7.